The van der Waals surface area contributed by atoms with Gasteiger partial charge in [0, 0.05) is 6.04 Å². The van der Waals surface area contributed by atoms with Crippen molar-refractivity contribution in [2.24, 2.45) is 0 Å². The van der Waals surface area contributed by atoms with Crippen LogP contribution in [0.25, 0.3) is 0 Å². The molecule has 2 aromatic rings. The maximum absolute atomic E-state index is 12.0. The fourth-order valence-electron chi connectivity index (χ4n) is 2.34. The summed E-state index contributed by atoms with van der Waals surface area (Å²) in [6, 6.07) is 8.31. The Labute approximate surface area is 157 Å². The van der Waals surface area contributed by atoms with Crippen molar-refractivity contribution >= 4 is 17.7 Å². The lowest BCUT2D eigenvalue weighted by Gasteiger charge is -2.11. The van der Waals surface area contributed by atoms with Crippen LogP contribution in [0.5, 0.6) is 5.75 Å². The van der Waals surface area contributed by atoms with Crippen LogP contribution in [-0.2, 0) is 11.4 Å². The molecular formula is C18H25N5O2S. The summed E-state index contributed by atoms with van der Waals surface area (Å²) >= 11 is 1.29. The van der Waals surface area contributed by atoms with Crippen molar-refractivity contribution in [1.29, 1.82) is 0 Å². The third kappa shape index (κ3) is 4.69. The average molecular weight is 375 g/mol. The summed E-state index contributed by atoms with van der Waals surface area (Å²) in [4.78, 5) is 12.0. The van der Waals surface area contributed by atoms with Gasteiger partial charge in [0.25, 0.3) is 0 Å². The van der Waals surface area contributed by atoms with E-state index in [0.29, 0.717) is 22.9 Å². The molecular weight excluding hydrogens is 350 g/mol. The van der Waals surface area contributed by atoms with Gasteiger partial charge in [-0.3, -0.25) is 4.79 Å². The van der Waals surface area contributed by atoms with Crippen LogP contribution >= 0.6 is 11.8 Å². The Kier molecular flexibility index (Phi) is 5.70. The Balaban J connectivity index is 1.55. The Hall–Kier alpha value is -2.22. The predicted octanol–water partition coefficient (Wildman–Crippen LogP) is 2.45. The summed E-state index contributed by atoms with van der Waals surface area (Å²) in [5, 5.41) is 11.3. The van der Waals surface area contributed by atoms with Gasteiger partial charge in [0.1, 0.15) is 12.4 Å². The molecule has 1 aromatic heterocycles. The first kappa shape index (κ1) is 18.6. The molecule has 1 aliphatic rings. The zero-order chi connectivity index (χ0) is 18.7. The molecule has 3 N–H and O–H groups in total. The SMILES string of the molecule is CC(C)c1ccc(OCc2nnc(S[C@@H](C)C(=O)NC3CC3)n2N)cc1. The fourth-order valence-corrected chi connectivity index (χ4v) is 3.14. The largest absolute Gasteiger partial charge is 0.486 e. The smallest absolute Gasteiger partial charge is 0.233 e. The van der Waals surface area contributed by atoms with Crippen LogP contribution in [-0.4, -0.2) is 32.1 Å². The second-order valence-corrected chi connectivity index (χ2v) is 8.13. The maximum atomic E-state index is 12.0. The molecule has 0 radical (unpaired) electrons. The Morgan fingerprint density at radius 3 is 2.62 bits per heavy atom. The highest BCUT2D eigenvalue weighted by Crippen LogP contribution is 2.24. The lowest BCUT2D eigenvalue weighted by atomic mass is 10.0. The predicted molar refractivity (Wildman–Crippen MR) is 102 cm³/mol. The number of nitrogens with zero attached hydrogens (tertiary/aromatic N) is 3. The van der Waals surface area contributed by atoms with E-state index in [1.165, 1.54) is 22.0 Å². The summed E-state index contributed by atoms with van der Waals surface area (Å²) in [5.74, 6) is 7.80. The first-order chi connectivity index (χ1) is 12.4. The molecule has 0 saturated heterocycles. The van der Waals surface area contributed by atoms with Gasteiger partial charge >= 0.3 is 0 Å². The minimum absolute atomic E-state index is 0.00328. The summed E-state index contributed by atoms with van der Waals surface area (Å²) in [7, 11) is 0. The number of rotatable bonds is 8. The number of ether oxygens (including phenoxy) is 1. The third-order valence-corrected chi connectivity index (χ3v) is 5.28. The van der Waals surface area contributed by atoms with Gasteiger partial charge in [0.2, 0.25) is 11.1 Å². The molecule has 1 aliphatic carbocycles. The zero-order valence-electron chi connectivity index (χ0n) is 15.3. The monoisotopic (exact) mass is 375 g/mol. The van der Waals surface area contributed by atoms with Crippen molar-refractivity contribution in [3.8, 4) is 5.75 Å². The first-order valence-corrected chi connectivity index (χ1v) is 9.71. The van der Waals surface area contributed by atoms with E-state index in [0.717, 1.165) is 18.6 Å². The van der Waals surface area contributed by atoms with Crippen LogP contribution in [0.1, 0.15) is 50.9 Å². The molecule has 0 aliphatic heterocycles. The van der Waals surface area contributed by atoms with Crippen molar-refractivity contribution < 1.29 is 9.53 Å². The number of carbonyl (C=O) groups is 1. The lowest BCUT2D eigenvalue weighted by Crippen LogP contribution is -2.32. The van der Waals surface area contributed by atoms with E-state index >= 15 is 0 Å². The average Bonchev–Trinajstić information content (AvgIpc) is 3.37. The van der Waals surface area contributed by atoms with Crippen LogP contribution in [0.2, 0.25) is 0 Å². The molecule has 0 bridgehead atoms. The van der Waals surface area contributed by atoms with Crippen molar-refractivity contribution in [3.63, 3.8) is 0 Å². The first-order valence-electron chi connectivity index (χ1n) is 8.83. The molecule has 1 atom stereocenters. The van der Waals surface area contributed by atoms with Crippen molar-refractivity contribution in [2.75, 3.05) is 5.84 Å². The van der Waals surface area contributed by atoms with E-state index in [4.69, 9.17) is 10.6 Å². The number of amides is 1. The molecule has 0 spiro atoms. The van der Waals surface area contributed by atoms with Gasteiger partial charge < -0.3 is 15.9 Å². The second-order valence-electron chi connectivity index (χ2n) is 6.82. The summed E-state index contributed by atoms with van der Waals surface area (Å²) < 4.78 is 7.13. The number of nitrogens with two attached hydrogens (primary N) is 1. The fraction of sp³-hybridized carbons (Fsp3) is 0.500. The van der Waals surface area contributed by atoms with Gasteiger partial charge in [-0.25, -0.2) is 4.68 Å². The molecule has 1 fully saturated rings. The van der Waals surface area contributed by atoms with Gasteiger partial charge in [0.05, 0.1) is 5.25 Å². The van der Waals surface area contributed by atoms with Gasteiger partial charge in [-0.05, 0) is 43.4 Å². The molecule has 1 aromatic carbocycles. The van der Waals surface area contributed by atoms with E-state index in [2.05, 4.69) is 41.5 Å². The lowest BCUT2D eigenvalue weighted by molar-refractivity contribution is -0.120. The van der Waals surface area contributed by atoms with E-state index in [1.54, 1.807) is 0 Å². The molecule has 140 valence electrons. The quantitative estimate of drug-likeness (QED) is 0.544. The Morgan fingerprint density at radius 2 is 2.00 bits per heavy atom. The van der Waals surface area contributed by atoms with Crippen LogP contribution in [0.15, 0.2) is 29.4 Å². The van der Waals surface area contributed by atoms with Crippen LogP contribution in [0, 0.1) is 0 Å². The number of thioether (sulfide) groups is 1. The van der Waals surface area contributed by atoms with Crippen LogP contribution in [0.3, 0.4) is 0 Å². The van der Waals surface area contributed by atoms with Gasteiger partial charge in [-0.2, -0.15) is 0 Å². The maximum Gasteiger partial charge on any atom is 0.233 e. The third-order valence-electron chi connectivity index (χ3n) is 4.22. The molecule has 7 nitrogen and oxygen atoms in total. The molecule has 1 amide bonds. The topological polar surface area (TPSA) is 95.1 Å². The summed E-state index contributed by atoms with van der Waals surface area (Å²) in [6.45, 7) is 6.35. The normalized spacial score (nSPS) is 15.1. The summed E-state index contributed by atoms with van der Waals surface area (Å²) in [5.41, 5.74) is 1.26. The van der Waals surface area contributed by atoms with Crippen LogP contribution < -0.4 is 15.9 Å². The highest BCUT2D eigenvalue weighted by atomic mass is 32.2. The van der Waals surface area contributed by atoms with E-state index < -0.39 is 0 Å². The number of benzene rings is 1. The minimum Gasteiger partial charge on any atom is -0.486 e. The molecule has 1 heterocycles. The Bertz CT molecular complexity index is 755. The minimum atomic E-state index is -0.278. The summed E-state index contributed by atoms with van der Waals surface area (Å²) in [6.07, 6.45) is 2.13. The number of hydrogen-bond donors (Lipinski definition) is 2. The zero-order valence-corrected chi connectivity index (χ0v) is 16.1. The van der Waals surface area contributed by atoms with Crippen molar-refractivity contribution in [3.05, 3.63) is 35.7 Å². The van der Waals surface area contributed by atoms with Gasteiger partial charge in [-0.15, -0.1) is 10.2 Å². The highest BCUT2D eigenvalue weighted by molar-refractivity contribution is 8.00. The molecule has 8 heteroatoms. The molecule has 0 unspecified atom stereocenters. The van der Waals surface area contributed by atoms with E-state index in [1.807, 2.05) is 19.1 Å². The van der Waals surface area contributed by atoms with Crippen molar-refractivity contribution in [1.82, 2.24) is 20.2 Å². The molecule has 1 saturated carbocycles. The van der Waals surface area contributed by atoms with Crippen molar-refractivity contribution in [2.45, 2.75) is 62.6 Å². The van der Waals surface area contributed by atoms with E-state index in [9.17, 15) is 4.79 Å². The van der Waals surface area contributed by atoms with Gasteiger partial charge in [0.15, 0.2) is 5.82 Å². The number of nitrogen functional groups attached to an aromatic ring is 1. The standard InChI is InChI=1S/C18H25N5O2S/c1-11(2)13-4-8-15(9-5-13)25-10-16-21-22-18(23(16)19)26-12(3)17(24)20-14-6-7-14/h4-5,8-9,11-12,14H,6-7,10,19H2,1-3H3,(H,20,24)/t12-/m0/s1. The number of carbonyl (C=O) groups excluding carboxylic acids is 1. The van der Waals surface area contributed by atoms with Crippen LogP contribution in [0.4, 0.5) is 0 Å². The molecule has 3 rings (SSSR count). The Morgan fingerprint density at radius 1 is 1.31 bits per heavy atom. The number of hydrogen-bond acceptors (Lipinski definition) is 6. The molecule has 26 heavy (non-hydrogen) atoms. The van der Waals surface area contributed by atoms with Gasteiger partial charge in [-0.1, -0.05) is 37.7 Å². The second kappa shape index (κ2) is 7.99. The number of nitrogens with one attached hydrogen (secondary N) is 1. The van der Waals surface area contributed by atoms with E-state index in [-0.39, 0.29) is 17.8 Å². The number of aromatic nitrogens is 3. The highest BCUT2D eigenvalue weighted by Gasteiger charge is 2.27.